The maximum Gasteiger partial charge on any atom is 0.347 e. The first-order valence-corrected chi connectivity index (χ1v) is 8.35. The number of aromatic amines is 1. The highest BCUT2D eigenvalue weighted by Gasteiger charge is 2.29. The van der Waals surface area contributed by atoms with Crippen LogP contribution in [0.5, 0.6) is 0 Å². The Hall–Kier alpha value is -2.23. The largest absolute Gasteiger partial charge is 0.483 e. The molecular formula is C20H25NO3. The normalized spacial score (nSPS) is 17.7. The zero-order valence-electron chi connectivity index (χ0n) is 15.0. The number of nitrogens with one attached hydrogen (secondary N) is 1. The second-order valence-corrected chi connectivity index (χ2v) is 7.49. The molecule has 0 aliphatic carbocycles. The van der Waals surface area contributed by atoms with Gasteiger partial charge in [0.25, 0.3) is 0 Å². The van der Waals surface area contributed by atoms with Gasteiger partial charge in [-0.15, -0.1) is 0 Å². The number of benzene rings is 1. The Morgan fingerprint density at radius 1 is 1.38 bits per heavy atom. The van der Waals surface area contributed by atoms with Crippen molar-refractivity contribution in [1.82, 2.24) is 4.98 Å². The summed E-state index contributed by atoms with van der Waals surface area (Å²) in [6.45, 7) is 8.71. The Morgan fingerprint density at radius 3 is 2.79 bits per heavy atom. The monoisotopic (exact) mass is 327 g/mol. The lowest BCUT2D eigenvalue weighted by atomic mass is 9.87. The fourth-order valence-corrected chi connectivity index (χ4v) is 3.27. The molecule has 2 heterocycles. The predicted molar refractivity (Wildman–Crippen MR) is 95.0 cm³/mol. The van der Waals surface area contributed by atoms with Crippen LogP contribution in [0.3, 0.4) is 0 Å². The number of aromatic nitrogens is 1. The number of methoxy groups -OCH3 is 1. The summed E-state index contributed by atoms with van der Waals surface area (Å²) >= 11 is 0. The number of carbonyl (C=O) groups excluding carboxylic acids is 1. The van der Waals surface area contributed by atoms with Crippen molar-refractivity contribution in [3.63, 3.8) is 0 Å². The van der Waals surface area contributed by atoms with Crippen molar-refractivity contribution < 1.29 is 14.3 Å². The summed E-state index contributed by atoms with van der Waals surface area (Å²) < 4.78 is 10.6. The third-order valence-electron chi connectivity index (χ3n) is 4.48. The fraction of sp³-hybridized carbons (Fsp3) is 0.450. The molecule has 0 spiro atoms. The van der Waals surface area contributed by atoms with Crippen molar-refractivity contribution in [3.8, 4) is 0 Å². The molecule has 3 rings (SSSR count). The van der Waals surface area contributed by atoms with Crippen LogP contribution in [-0.2, 0) is 26.1 Å². The van der Waals surface area contributed by atoms with Gasteiger partial charge in [-0.3, -0.25) is 0 Å². The van der Waals surface area contributed by atoms with Gasteiger partial charge in [0.1, 0.15) is 0 Å². The smallest absolute Gasteiger partial charge is 0.347 e. The van der Waals surface area contributed by atoms with Crippen LogP contribution in [0.2, 0.25) is 0 Å². The van der Waals surface area contributed by atoms with Gasteiger partial charge in [0, 0.05) is 34.9 Å². The zero-order chi connectivity index (χ0) is 17.5. The van der Waals surface area contributed by atoms with Crippen molar-refractivity contribution in [1.29, 1.82) is 0 Å². The van der Waals surface area contributed by atoms with Crippen molar-refractivity contribution >= 4 is 16.9 Å². The summed E-state index contributed by atoms with van der Waals surface area (Å²) in [6.07, 6.45) is 2.76. The average Bonchev–Trinajstić information content (AvgIpc) is 3.11. The summed E-state index contributed by atoms with van der Waals surface area (Å²) in [4.78, 5) is 15.2. The Labute approximate surface area is 142 Å². The van der Waals surface area contributed by atoms with E-state index in [2.05, 4.69) is 50.9 Å². The van der Waals surface area contributed by atoms with Crippen LogP contribution in [0.4, 0.5) is 0 Å². The number of allylic oxidation sites excluding steroid dienone is 1. The standard InChI is InChI=1S/C20H25NO3/c1-12-6-8-14-15(18(20(2,3)4)21-16(14)10-12)11-13-7-9-17(24-13)19(22)23-5/h6-8,10,17,21H,9,11H2,1-5H3. The SMILES string of the molecule is COC(=O)C1CC=C(Cc2c(C(C)(C)C)[nH]c3cc(C)ccc23)O1. The molecule has 0 saturated carbocycles. The van der Waals surface area contributed by atoms with E-state index >= 15 is 0 Å². The molecule has 0 amide bonds. The Kier molecular flexibility index (Phi) is 4.16. The van der Waals surface area contributed by atoms with E-state index in [-0.39, 0.29) is 11.4 Å². The number of carbonyl (C=O) groups is 1. The molecule has 0 fully saturated rings. The number of rotatable bonds is 3. The molecule has 4 nitrogen and oxygen atoms in total. The number of H-pyrrole nitrogens is 1. The summed E-state index contributed by atoms with van der Waals surface area (Å²) in [5.41, 5.74) is 4.85. The second kappa shape index (κ2) is 6.00. The van der Waals surface area contributed by atoms with Crippen molar-refractivity contribution in [2.24, 2.45) is 0 Å². The Balaban J connectivity index is 1.95. The maximum absolute atomic E-state index is 11.7. The lowest BCUT2D eigenvalue weighted by molar-refractivity contribution is -0.150. The molecule has 1 aliphatic rings. The molecule has 2 aromatic rings. The minimum atomic E-state index is -0.504. The molecule has 1 unspecified atom stereocenters. The molecule has 1 aromatic heterocycles. The predicted octanol–water partition coefficient (Wildman–Crippen LogP) is 4.16. The molecule has 0 bridgehead atoms. The van der Waals surface area contributed by atoms with E-state index < -0.39 is 6.10 Å². The van der Waals surface area contributed by atoms with Crippen LogP contribution in [0.1, 0.15) is 44.0 Å². The molecule has 4 heteroatoms. The number of hydrogen-bond acceptors (Lipinski definition) is 3. The summed E-state index contributed by atoms with van der Waals surface area (Å²) in [7, 11) is 1.39. The van der Waals surface area contributed by atoms with E-state index in [0.29, 0.717) is 12.8 Å². The van der Waals surface area contributed by atoms with Crippen LogP contribution in [0.15, 0.2) is 30.0 Å². The minimum absolute atomic E-state index is 0.00315. The lowest BCUT2D eigenvalue weighted by Gasteiger charge is -2.20. The van der Waals surface area contributed by atoms with E-state index in [1.165, 1.54) is 29.3 Å². The number of fused-ring (bicyclic) bond motifs is 1. The summed E-state index contributed by atoms with van der Waals surface area (Å²) in [5, 5.41) is 1.22. The van der Waals surface area contributed by atoms with E-state index in [0.717, 1.165) is 11.3 Å². The van der Waals surface area contributed by atoms with Gasteiger partial charge in [0.15, 0.2) is 6.10 Å². The van der Waals surface area contributed by atoms with Crippen LogP contribution in [0, 0.1) is 6.92 Å². The number of hydrogen-bond donors (Lipinski definition) is 1. The third-order valence-corrected chi connectivity index (χ3v) is 4.48. The Bertz CT molecular complexity index is 808. The molecule has 1 atom stereocenters. The van der Waals surface area contributed by atoms with Crippen LogP contribution >= 0.6 is 0 Å². The van der Waals surface area contributed by atoms with Gasteiger partial charge < -0.3 is 14.5 Å². The summed E-state index contributed by atoms with van der Waals surface area (Å²) in [5.74, 6) is 0.532. The van der Waals surface area contributed by atoms with Gasteiger partial charge in [0.2, 0.25) is 0 Å². The van der Waals surface area contributed by atoms with Crippen molar-refractivity contribution in [3.05, 3.63) is 46.9 Å². The van der Waals surface area contributed by atoms with Crippen molar-refractivity contribution in [2.75, 3.05) is 7.11 Å². The van der Waals surface area contributed by atoms with E-state index in [9.17, 15) is 4.79 Å². The quantitative estimate of drug-likeness (QED) is 0.861. The molecule has 1 aliphatic heterocycles. The zero-order valence-corrected chi connectivity index (χ0v) is 15.0. The minimum Gasteiger partial charge on any atom is -0.483 e. The lowest BCUT2D eigenvalue weighted by Crippen LogP contribution is -2.21. The number of aryl methyl sites for hydroxylation is 1. The Morgan fingerprint density at radius 2 is 2.12 bits per heavy atom. The van der Waals surface area contributed by atoms with Crippen LogP contribution < -0.4 is 0 Å². The van der Waals surface area contributed by atoms with E-state index in [1.54, 1.807) is 0 Å². The molecule has 1 aromatic carbocycles. The highest BCUT2D eigenvalue weighted by atomic mass is 16.6. The highest BCUT2D eigenvalue weighted by Crippen LogP contribution is 2.34. The van der Waals surface area contributed by atoms with Crippen LogP contribution in [-0.4, -0.2) is 24.2 Å². The second-order valence-electron chi connectivity index (χ2n) is 7.49. The summed E-state index contributed by atoms with van der Waals surface area (Å²) in [6, 6.07) is 6.47. The van der Waals surface area contributed by atoms with Gasteiger partial charge in [-0.2, -0.15) is 0 Å². The molecule has 0 radical (unpaired) electrons. The first-order chi connectivity index (χ1) is 11.3. The molecule has 1 N–H and O–H groups in total. The van der Waals surface area contributed by atoms with Crippen molar-refractivity contribution in [2.45, 2.75) is 52.1 Å². The molecular weight excluding hydrogens is 302 g/mol. The van der Waals surface area contributed by atoms with Gasteiger partial charge >= 0.3 is 5.97 Å². The number of esters is 1. The topological polar surface area (TPSA) is 51.3 Å². The number of ether oxygens (including phenoxy) is 2. The van der Waals surface area contributed by atoms with E-state index in [1.807, 2.05) is 6.08 Å². The van der Waals surface area contributed by atoms with Gasteiger partial charge in [0.05, 0.1) is 12.9 Å². The van der Waals surface area contributed by atoms with E-state index in [4.69, 9.17) is 9.47 Å². The van der Waals surface area contributed by atoms with Crippen LogP contribution in [0.25, 0.3) is 10.9 Å². The first kappa shape index (κ1) is 16.6. The molecule has 24 heavy (non-hydrogen) atoms. The van der Waals surface area contributed by atoms with Gasteiger partial charge in [-0.05, 0) is 30.2 Å². The third kappa shape index (κ3) is 3.05. The molecule has 128 valence electrons. The highest BCUT2D eigenvalue weighted by molar-refractivity contribution is 5.86. The average molecular weight is 327 g/mol. The maximum atomic E-state index is 11.7. The first-order valence-electron chi connectivity index (χ1n) is 8.35. The van der Waals surface area contributed by atoms with Gasteiger partial charge in [-0.1, -0.05) is 32.9 Å². The molecule has 0 saturated heterocycles. The van der Waals surface area contributed by atoms with Gasteiger partial charge in [-0.25, -0.2) is 4.79 Å². The fourth-order valence-electron chi connectivity index (χ4n) is 3.27.